The van der Waals surface area contributed by atoms with Crippen LogP contribution in [0.15, 0.2) is 16.6 Å². The SMILES string of the molecule is CCOc1cc([C@@H](N)CC(F)(F)F)cc(Br)c1O. The summed E-state index contributed by atoms with van der Waals surface area (Å²) in [6, 6.07) is 1.48. The topological polar surface area (TPSA) is 55.5 Å². The number of hydrogen-bond acceptors (Lipinski definition) is 3. The maximum Gasteiger partial charge on any atom is 0.390 e. The van der Waals surface area contributed by atoms with Crippen molar-refractivity contribution < 1.29 is 23.0 Å². The summed E-state index contributed by atoms with van der Waals surface area (Å²) in [5.41, 5.74) is 5.74. The number of rotatable bonds is 4. The smallest absolute Gasteiger partial charge is 0.390 e. The van der Waals surface area contributed by atoms with Gasteiger partial charge in [0.1, 0.15) is 0 Å². The van der Waals surface area contributed by atoms with E-state index in [0.717, 1.165) is 0 Å². The minimum Gasteiger partial charge on any atom is -0.503 e. The van der Waals surface area contributed by atoms with Crippen LogP contribution in [0.3, 0.4) is 0 Å². The van der Waals surface area contributed by atoms with E-state index in [9.17, 15) is 18.3 Å². The molecule has 0 saturated heterocycles. The second-order valence-electron chi connectivity index (χ2n) is 3.71. The Labute approximate surface area is 111 Å². The average molecular weight is 328 g/mol. The van der Waals surface area contributed by atoms with Crippen LogP contribution in [0.5, 0.6) is 11.5 Å². The molecule has 1 atom stereocenters. The molecule has 7 heteroatoms. The lowest BCUT2D eigenvalue weighted by Crippen LogP contribution is -2.20. The fourth-order valence-corrected chi connectivity index (χ4v) is 1.90. The number of benzene rings is 1. The van der Waals surface area contributed by atoms with Crippen molar-refractivity contribution in [2.75, 3.05) is 6.61 Å². The highest BCUT2D eigenvalue weighted by molar-refractivity contribution is 9.10. The molecule has 0 aliphatic carbocycles. The van der Waals surface area contributed by atoms with E-state index in [-0.39, 0.29) is 28.1 Å². The van der Waals surface area contributed by atoms with Gasteiger partial charge in [-0.15, -0.1) is 0 Å². The van der Waals surface area contributed by atoms with Gasteiger partial charge >= 0.3 is 6.18 Å². The van der Waals surface area contributed by atoms with Crippen LogP contribution in [-0.2, 0) is 0 Å². The molecule has 0 bridgehead atoms. The first-order valence-corrected chi connectivity index (χ1v) is 6.01. The molecule has 0 fully saturated rings. The van der Waals surface area contributed by atoms with Crippen LogP contribution in [0.2, 0.25) is 0 Å². The van der Waals surface area contributed by atoms with E-state index in [1.165, 1.54) is 12.1 Å². The number of phenols is 1. The maximum absolute atomic E-state index is 12.2. The Kier molecular flexibility index (Phi) is 4.86. The van der Waals surface area contributed by atoms with Gasteiger partial charge in [0.15, 0.2) is 11.5 Å². The van der Waals surface area contributed by atoms with E-state index in [0.29, 0.717) is 0 Å². The predicted octanol–water partition coefficient (Wildman–Crippen LogP) is 3.51. The zero-order chi connectivity index (χ0) is 13.9. The summed E-state index contributed by atoms with van der Waals surface area (Å²) in [5, 5.41) is 9.63. The number of hydrogen-bond donors (Lipinski definition) is 2. The van der Waals surface area contributed by atoms with Crippen molar-refractivity contribution >= 4 is 15.9 Å². The Balaban J connectivity index is 3.02. The second kappa shape index (κ2) is 5.79. The van der Waals surface area contributed by atoms with Crippen LogP contribution in [0.1, 0.15) is 24.9 Å². The summed E-state index contributed by atoms with van der Waals surface area (Å²) < 4.78 is 42.1. The Morgan fingerprint density at radius 3 is 2.56 bits per heavy atom. The molecule has 1 aromatic carbocycles. The third-order valence-corrected chi connectivity index (χ3v) is 2.83. The van der Waals surface area contributed by atoms with Crippen molar-refractivity contribution in [2.24, 2.45) is 5.73 Å². The van der Waals surface area contributed by atoms with E-state index in [1.807, 2.05) is 0 Å². The predicted molar refractivity (Wildman–Crippen MR) is 64.6 cm³/mol. The molecule has 0 heterocycles. The monoisotopic (exact) mass is 327 g/mol. The van der Waals surface area contributed by atoms with E-state index < -0.39 is 18.6 Å². The van der Waals surface area contributed by atoms with Crippen LogP contribution in [-0.4, -0.2) is 17.9 Å². The third-order valence-electron chi connectivity index (χ3n) is 2.23. The molecule has 1 rings (SSSR count). The van der Waals surface area contributed by atoms with Gasteiger partial charge in [-0.25, -0.2) is 0 Å². The molecule has 0 saturated carbocycles. The molecule has 0 unspecified atom stereocenters. The van der Waals surface area contributed by atoms with Crippen molar-refractivity contribution in [3.05, 3.63) is 22.2 Å². The van der Waals surface area contributed by atoms with Crippen LogP contribution >= 0.6 is 15.9 Å². The lowest BCUT2D eigenvalue weighted by molar-refractivity contribution is -0.138. The average Bonchev–Trinajstić information content (AvgIpc) is 2.22. The van der Waals surface area contributed by atoms with E-state index in [2.05, 4.69) is 15.9 Å². The van der Waals surface area contributed by atoms with Crippen molar-refractivity contribution in [1.82, 2.24) is 0 Å². The molecule has 1 aromatic rings. The van der Waals surface area contributed by atoms with Gasteiger partial charge in [0.2, 0.25) is 0 Å². The van der Waals surface area contributed by atoms with Gasteiger partial charge in [-0.2, -0.15) is 13.2 Å². The van der Waals surface area contributed by atoms with Gasteiger partial charge in [-0.05, 0) is 40.5 Å². The molecular formula is C11H13BrF3NO2. The number of nitrogens with two attached hydrogens (primary N) is 1. The zero-order valence-electron chi connectivity index (χ0n) is 9.59. The molecule has 0 spiro atoms. The molecule has 0 aliphatic rings. The molecule has 3 N–H and O–H groups in total. The normalized spacial score (nSPS) is 13.4. The zero-order valence-corrected chi connectivity index (χ0v) is 11.2. The van der Waals surface area contributed by atoms with Gasteiger partial charge in [0.25, 0.3) is 0 Å². The number of phenolic OH excluding ortho intramolecular Hbond substituents is 1. The van der Waals surface area contributed by atoms with Crippen LogP contribution in [0, 0.1) is 0 Å². The molecular weight excluding hydrogens is 315 g/mol. The summed E-state index contributed by atoms with van der Waals surface area (Å²) in [4.78, 5) is 0. The Bertz CT molecular complexity index is 423. The molecule has 0 aromatic heterocycles. The summed E-state index contributed by atoms with van der Waals surface area (Å²) in [7, 11) is 0. The molecule has 0 radical (unpaired) electrons. The molecule has 102 valence electrons. The van der Waals surface area contributed by atoms with Gasteiger partial charge < -0.3 is 15.6 Å². The summed E-state index contributed by atoms with van der Waals surface area (Å²) >= 11 is 3.05. The Morgan fingerprint density at radius 2 is 2.06 bits per heavy atom. The molecule has 0 amide bonds. The molecule has 0 aliphatic heterocycles. The summed E-state index contributed by atoms with van der Waals surface area (Å²) in [6.45, 7) is 1.99. The van der Waals surface area contributed by atoms with Crippen molar-refractivity contribution in [3.8, 4) is 11.5 Å². The first-order valence-electron chi connectivity index (χ1n) is 5.22. The number of ether oxygens (including phenoxy) is 1. The number of halogens is 4. The maximum atomic E-state index is 12.2. The van der Waals surface area contributed by atoms with Crippen LogP contribution in [0.4, 0.5) is 13.2 Å². The second-order valence-corrected chi connectivity index (χ2v) is 4.56. The first kappa shape index (κ1) is 15.1. The minimum absolute atomic E-state index is 0.111. The summed E-state index contributed by atoms with van der Waals surface area (Å²) in [5.74, 6) is -0.0423. The quantitative estimate of drug-likeness (QED) is 0.889. The third kappa shape index (κ3) is 4.06. The Hall–Kier alpha value is -0.950. The van der Waals surface area contributed by atoms with Crippen molar-refractivity contribution in [2.45, 2.75) is 25.6 Å². The molecule has 3 nitrogen and oxygen atoms in total. The van der Waals surface area contributed by atoms with E-state index >= 15 is 0 Å². The van der Waals surface area contributed by atoms with Crippen LogP contribution in [0.25, 0.3) is 0 Å². The fourth-order valence-electron chi connectivity index (χ4n) is 1.44. The number of alkyl halides is 3. The first-order chi connectivity index (χ1) is 8.24. The number of aromatic hydroxyl groups is 1. The molecule has 18 heavy (non-hydrogen) atoms. The largest absolute Gasteiger partial charge is 0.503 e. The van der Waals surface area contributed by atoms with Gasteiger partial charge in [0, 0.05) is 6.04 Å². The van der Waals surface area contributed by atoms with Crippen molar-refractivity contribution in [1.29, 1.82) is 0 Å². The van der Waals surface area contributed by atoms with E-state index in [4.69, 9.17) is 10.5 Å². The highest BCUT2D eigenvalue weighted by Crippen LogP contribution is 2.38. The highest BCUT2D eigenvalue weighted by Gasteiger charge is 2.31. The lowest BCUT2D eigenvalue weighted by atomic mass is 10.0. The Morgan fingerprint density at radius 1 is 1.44 bits per heavy atom. The van der Waals surface area contributed by atoms with Gasteiger partial charge in [-0.3, -0.25) is 0 Å². The fraction of sp³-hybridized carbons (Fsp3) is 0.455. The van der Waals surface area contributed by atoms with Gasteiger partial charge in [-0.1, -0.05) is 0 Å². The summed E-state index contributed by atoms with van der Waals surface area (Å²) in [6.07, 6.45) is -5.47. The van der Waals surface area contributed by atoms with Crippen LogP contribution < -0.4 is 10.5 Å². The standard InChI is InChI=1S/C11H13BrF3NO2/c1-2-18-9-4-6(3-7(12)10(9)17)8(16)5-11(13,14)15/h3-4,8,17H,2,5,16H2,1H3/t8-/m0/s1. The lowest BCUT2D eigenvalue weighted by Gasteiger charge is -2.17. The minimum atomic E-state index is -4.34. The van der Waals surface area contributed by atoms with E-state index in [1.54, 1.807) is 6.92 Å². The van der Waals surface area contributed by atoms with Crippen molar-refractivity contribution in [3.63, 3.8) is 0 Å². The highest BCUT2D eigenvalue weighted by atomic mass is 79.9. The van der Waals surface area contributed by atoms with Gasteiger partial charge in [0.05, 0.1) is 17.5 Å².